The summed E-state index contributed by atoms with van der Waals surface area (Å²) in [6.07, 6.45) is 4.17. The highest BCUT2D eigenvalue weighted by Gasteiger charge is 2.45. The first-order valence-corrected chi connectivity index (χ1v) is 7.36. The normalized spacial score (nSPS) is 30.2. The van der Waals surface area contributed by atoms with E-state index < -0.39 is 0 Å². The SMILES string of the molecule is Cc1ccc2oc(C(NN)C3CC4CCC3O4)cc2c1. The molecule has 1 aromatic heterocycles. The van der Waals surface area contributed by atoms with Crippen molar-refractivity contribution in [3.63, 3.8) is 0 Å². The number of hydrogen-bond acceptors (Lipinski definition) is 4. The molecular weight excluding hydrogens is 252 g/mol. The van der Waals surface area contributed by atoms with Crippen LogP contribution in [0.5, 0.6) is 0 Å². The molecule has 3 N–H and O–H groups in total. The van der Waals surface area contributed by atoms with Gasteiger partial charge in [0.1, 0.15) is 11.3 Å². The minimum atomic E-state index is 0.0398. The Kier molecular flexibility index (Phi) is 2.84. The van der Waals surface area contributed by atoms with Crippen molar-refractivity contribution in [2.45, 2.75) is 44.4 Å². The Labute approximate surface area is 118 Å². The number of aryl methyl sites for hydroxylation is 1. The Morgan fingerprint density at radius 3 is 2.90 bits per heavy atom. The lowest BCUT2D eigenvalue weighted by atomic mass is 9.83. The highest BCUT2D eigenvalue weighted by Crippen LogP contribution is 2.45. The molecule has 2 aromatic rings. The molecule has 2 bridgehead atoms. The minimum absolute atomic E-state index is 0.0398. The lowest BCUT2D eigenvalue weighted by Crippen LogP contribution is -2.37. The van der Waals surface area contributed by atoms with Gasteiger partial charge < -0.3 is 9.15 Å². The summed E-state index contributed by atoms with van der Waals surface area (Å²) in [6.45, 7) is 2.09. The molecule has 2 fully saturated rings. The van der Waals surface area contributed by atoms with Gasteiger partial charge in [-0.15, -0.1) is 0 Å². The van der Waals surface area contributed by atoms with Crippen LogP contribution in [-0.4, -0.2) is 12.2 Å². The van der Waals surface area contributed by atoms with Crippen molar-refractivity contribution in [2.75, 3.05) is 0 Å². The maximum Gasteiger partial charge on any atom is 0.134 e. The molecule has 3 heterocycles. The number of ether oxygens (including phenoxy) is 1. The highest BCUT2D eigenvalue weighted by atomic mass is 16.5. The van der Waals surface area contributed by atoms with Crippen LogP contribution in [0.3, 0.4) is 0 Å². The number of hydrogen-bond donors (Lipinski definition) is 2. The van der Waals surface area contributed by atoms with E-state index in [2.05, 4.69) is 30.5 Å². The monoisotopic (exact) mass is 272 g/mol. The van der Waals surface area contributed by atoms with Crippen molar-refractivity contribution < 1.29 is 9.15 Å². The van der Waals surface area contributed by atoms with Crippen LogP contribution in [0.1, 0.15) is 36.6 Å². The Morgan fingerprint density at radius 2 is 2.20 bits per heavy atom. The van der Waals surface area contributed by atoms with Crippen LogP contribution in [0.25, 0.3) is 11.0 Å². The Bertz CT molecular complexity index is 636. The van der Waals surface area contributed by atoms with Crippen LogP contribution in [0.2, 0.25) is 0 Å². The largest absolute Gasteiger partial charge is 0.459 e. The first kappa shape index (κ1) is 12.4. The molecule has 2 aliphatic rings. The zero-order valence-electron chi connectivity index (χ0n) is 11.6. The third-order valence-electron chi connectivity index (χ3n) is 4.76. The summed E-state index contributed by atoms with van der Waals surface area (Å²) < 4.78 is 11.9. The summed E-state index contributed by atoms with van der Waals surface area (Å²) in [5.74, 6) is 7.14. The van der Waals surface area contributed by atoms with Crippen LogP contribution >= 0.6 is 0 Å². The number of nitrogens with two attached hydrogens (primary N) is 1. The van der Waals surface area contributed by atoms with Gasteiger partial charge in [0.2, 0.25) is 0 Å². The second-order valence-corrected chi connectivity index (χ2v) is 6.11. The van der Waals surface area contributed by atoms with Crippen molar-refractivity contribution >= 4 is 11.0 Å². The molecule has 20 heavy (non-hydrogen) atoms. The Morgan fingerprint density at radius 1 is 1.30 bits per heavy atom. The van der Waals surface area contributed by atoms with E-state index in [1.54, 1.807) is 0 Å². The predicted octanol–water partition coefficient (Wildman–Crippen LogP) is 2.81. The topological polar surface area (TPSA) is 60.4 Å². The summed E-state index contributed by atoms with van der Waals surface area (Å²) in [5.41, 5.74) is 5.11. The van der Waals surface area contributed by atoms with E-state index in [0.717, 1.165) is 29.6 Å². The van der Waals surface area contributed by atoms with Gasteiger partial charge in [0, 0.05) is 11.3 Å². The summed E-state index contributed by atoms with van der Waals surface area (Å²) in [5, 5.41) is 1.14. The molecule has 4 heteroatoms. The summed E-state index contributed by atoms with van der Waals surface area (Å²) in [4.78, 5) is 0. The number of furan rings is 1. The molecule has 2 aliphatic heterocycles. The minimum Gasteiger partial charge on any atom is -0.459 e. The van der Waals surface area contributed by atoms with Gasteiger partial charge in [0.15, 0.2) is 0 Å². The number of nitrogens with one attached hydrogen (secondary N) is 1. The molecule has 4 rings (SSSR count). The molecule has 106 valence electrons. The van der Waals surface area contributed by atoms with E-state index in [-0.39, 0.29) is 6.04 Å². The zero-order valence-corrected chi connectivity index (χ0v) is 11.6. The average molecular weight is 272 g/mol. The molecule has 0 radical (unpaired) electrons. The smallest absolute Gasteiger partial charge is 0.134 e. The molecule has 0 spiro atoms. The summed E-state index contributed by atoms with van der Waals surface area (Å²) in [7, 11) is 0. The molecule has 0 aliphatic carbocycles. The van der Waals surface area contributed by atoms with Crippen LogP contribution < -0.4 is 11.3 Å². The third kappa shape index (κ3) is 1.87. The predicted molar refractivity (Wildman–Crippen MR) is 77.0 cm³/mol. The van der Waals surface area contributed by atoms with Crippen molar-refractivity contribution in [3.05, 3.63) is 35.6 Å². The molecule has 0 saturated carbocycles. The first-order chi connectivity index (χ1) is 9.74. The summed E-state index contributed by atoms with van der Waals surface area (Å²) in [6, 6.07) is 8.39. The van der Waals surface area contributed by atoms with E-state index in [9.17, 15) is 0 Å². The third-order valence-corrected chi connectivity index (χ3v) is 4.76. The number of fused-ring (bicyclic) bond motifs is 3. The second kappa shape index (κ2) is 4.58. The van der Waals surface area contributed by atoms with Crippen LogP contribution in [-0.2, 0) is 4.74 Å². The lowest BCUT2D eigenvalue weighted by Gasteiger charge is -2.26. The van der Waals surface area contributed by atoms with Crippen molar-refractivity contribution in [2.24, 2.45) is 11.8 Å². The Balaban J connectivity index is 1.69. The molecular formula is C16H20N2O2. The molecule has 2 saturated heterocycles. The zero-order chi connectivity index (χ0) is 13.7. The number of benzene rings is 1. The maximum absolute atomic E-state index is 6.00. The van der Waals surface area contributed by atoms with Gasteiger partial charge in [-0.1, -0.05) is 11.6 Å². The van der Waals surface area contributed by atoms with Gasteiger partial charge in [0.25, 0.3) is 0 Å². The number of rotatable bonds is 3. The average Bonchev–Trinajstić information content (AvgIpc) is 3.13. The quantitative estimate of drug-likeness (QED) is 0.666. The van der Waals surface area contributed by atoms with Crippen LogP contribution in [0.4, 0.5) is 0 Å². The van der Waals surface area contributed by atoms with Crippen LogP contribution in [0, 0.1) is 12.8 Å². The van der Waals surface area contributed by atoms with E-state index >= 15 is 0 Å². The van der Waals surface area contributed by atoms with E-state index in [1.807, 2.05) is 6.07 Å². The fourth-order valence-electron chi connectivity index (χ4n) is 3.78. The molecule has 4 unspecified atom stereocenters. The van der Waals surface area contributed by atoms with Crippen molar-refractivity contribution in [3.8, 4) is 0 Å². The van der Waals surface area contributed by atoms with Gasteiger partial charge in [-0.25, -0.2) is 5.43 Å². The maximum atomic E-state index is 6.00. The van der Waals surface area contributed by atoms with E-state index in [1.165, 1.54) is 12.0 Å². The summed E-state index contributed by atoms with van der Waals surface area (Å²) >= 11 is 0. The molecule has 4 nitrogen and oxygen atoms in total. The van der Waals surface area contributed by atoms with Crippen molar-refractivity contribution in [1.29, 1.82) is 0 Å². The van der Waals surface area contributed by atoms with Gasteiger partial charge in [-0.3, -0.25) is 5.84 Å². The highest BCUT2D eigenvalue weighted by molar-refractivity contribution is 5.78. The fourth-order valence-corrected chi connectivity index (χ4v) is 3.78. The van der Waals surface area contributed by atoms with Crippen LogP contribution in [0.15, 0.2) is 28.7 Å². The van der Waals surface area contributed by atoms with Gasteiger partial charge in [0.05, 0.1) is 18.2 Å². The fraction of sp³-hybridized carbons (Fsp3) is 0.500. The standard InChI is InChI=1S/C16H20N2O2/c1-9-2-4-13-10(6-9)7-15(20-13)16(18-17)12-8-11-3-5-14(12)19-11/h2,4,6-7,11-12,14,16,18H,3,5,8,17H2,1H3. The van der Waals surface area contributed by atoms with Gasteiger partial charge >= 0.3 is 0 Å². The Hall–Kier alpha value is -1.36. The molecule has 0 amide bonds. The second-order valence-electron chi connectivity index (χ2n) is 6.11. The van der Waals surface area contributed by atoms with Gasteiger partial charge in [-0.2, -0.15) is 0 Å². The van der Waals surface area contributed by atoms with Crippen molar-refractivity contribution in [1.82, 2.24) is 5.43 Å². The molecule has 1 aromatic carbocycles. The van der Waals surface area contributed by atoms with E-state index in [4.69, 9.17) is 15.0 Å². The van der Waals surface area contributed by atoms with Gasteiger partial charge in [-0.05, 0) is 44.4 Å². The van der Waals surface area contributed by atoms with E-state index in [0.29, 0.717) is 18.1 Å². The molecule has 4 atom stereocenters. The number of hydrazine groups is 1. The first-order valence-electron chi connectivity index (χ1n) is 7.36. The lowest BCUT2D eigenvalue weighted by molar-refractivity contribution is 0.0838.